The van der Waals surface area contributed by atoms with Gasteiger partial charge in [0.25, 0.3) is 0 Å². The van der Waals surface area contributed by atoms with Crippen LogP contribution in [0.25, 0.3) is 0 Å². The third-order valence-electron chi connectivity index (χ3n) is 5.30. The molecule has 0 radical (unpaired) electrons. The summed E-state index contributed by atoms with van der Waals surface area (Å²) in [5.41, 5.74) is 3.87. The minimum Gasteiger partial charge on any atom is -0.490 e. The standard InChI is InChI=1S/C23H32N2O3S/c1-17-15-21(28-20-7-5-6-8-20)13-14-22(17)24-16-18-9-11-19(12-10-18)25-29(26,27)23(2,3)4/h9-15,20,24-25H,5-8,16H2,1-4H3. The van der Waals surface area contributed by atoms with Gasteiger partial charge in [0, 0.05) is 17.9 Å². The molecule has 1 aliphatic carbocycles. The SMILES string of the molecule is Cc1cc(OC2CCCC2)ccc1NCc1ccc(NS(=O)(=O)C(C)(C)C)cc1. The van der Waals surface area contributed by atoms with Gasteiger partial charge in [0.1, 0.15) is 5.75 Å². The molecule has 0 bridgehead atoms. The highest BCUT2D eigenvalue weighted by molar-refractivity contribution is 7.94. The molecule has 5 nitrogen and oxygen atoms in total. The van der Waals surface area contributed by atoms with Crippen LogP contribution in [0.1, 0.15) is 57.6 Å². The van der Waals surface area contributed by atoms with Gasteiger partial charge in [0.15, 0.2) is 0 Å². The Kier molecular flexibility index (Phi) is 6.42. The number of sulfonamides is 1. The van der Waals surface area contributed by atoms with Crippen LogP contribution in [0.15, 0.2) is 42.5 Å². The Labute approximate surface area is 174 Å². The van der Waals surface area contributed by atoms with Crippen molar-refractivity contribution >= 4 is 21.4 Å². The molecule has 0 unspecified atom stereocenters. The average molecular weight is 417 g/mol. The monoisotopic (exact) mass is 416 g/mol. The first-order chi connectivity index (χ1) is 13.6. The molecule has 2 aromatic rings. The molecule has 2 aromatic carbocycles. The molecule has 0 spiro atoms. The average Bonchev–Trinajstić information content (AvgIpc) is 3.14. The van der Waals surface area contributed by atoms with Crippen molar-refractivity contribution in [1.82, 2.24) is 0 Å². The fraction of sp³-hybridized carbons (Fsp3) is 0.478. The number of hydrogen-bond acceptors (Lipinski definition) is 4. The zero-order valence-corrected chi connectivity index (χ0v) is 18.6. The highest BCUT2D eigenvalue weighted by atomic mass is 32.2. The largest absolute Gasteiger partial charge is 0.490 e. The van der Waals surface area contributed by atoms with Gasteiger partial charge in [-0.15, -0.1) is 0 Å². The fourth-order valence-corrected chi connectivity index (χ4v) is 4.06. The van der Waals surface area contributed by atoms with Crippen molar-refractivity contribution in [2.75, 3.05) is 10.0 Å². The van der Waals surface area contributed by atoms with Crippen molar-refractivity contribution in [2.24, 2.45) is 0 Å². The smallest absolute Gasteiger partial charge is 0.237 e. The molecule has 0 aliphatic heterocycles. The summed E-state index contributed by atoms with van der Waals surface area (Å²) >= 11 is 0. The summed E-state index contributed by atoms with van der Waals surface area (Å²) in [5, 5.41) is 3.45. The molecule has 1 aliphatic rings. The van der Waals surface area contributed by atoms with Crippen molar-refractivity contribution in [3.05, 3.63) is 53.6 Å². The molecule has 2 N–H and O–H groups in total. The van der Waals surface area contributed by atoms with Crippen LogP contribution >= 0.6 is 0 Å². The zero-order valence-electron chi connectivity index (χ0n) is 17.8. The third kappa shape index (κ3) is 5.66. The second-order valence-electron chi connectivity index (χ2n) is 8.77. The first-order valence-corrected chi connectivity index (χ1v) is 11.7. The molecule has 158 valence electrons. The number of nitrogens with one attached hydrogen (secondary N) is 2. The molecular weight excluding hydrogens is 384 g/mol. The second-order valence-corrected chi connectivity index (χ2v) is 11.2. The van der Waals surface area contributed by atoms with Crippen LogP contribution in [-0.4, -0.2) is 19.3 Å². The second kappa shape index (κ2) is 8.66. The van der Waals surface area contributed by atoms with Crippen LogP contribution in [0.5, 0.6) is 5.75 Å². The minimum atomic E-state index is -3.41. The van der Waals surface area contributed by atoms with E-state index in [0.29, 0.717) is 18.3 Å². The zero-order chi connectivity index (χ0) is 21.1. The predicted molar refractivity (Wildman–Crippen MR) is 120 cm³/mol. The van der Waals surface area contributed by atoms with Gasteiger partial charge in [-0.25, -0.2) is 8.42 Å². The van der Waals surface area contributed by atoms with Gasteiger partial charge in [-0.2, -0.15) is 0 Å². The maximum Gasteiger partial charge on any atom is 0.237 e. The van der Waals surface area contributed by atoms with E-state index < -0.39 is 14.8 Å². The van der Waals surface area contributed by atoms with Crippen LogP contribution < -0.4 is 14.8 Å². The quantitative estimate of drug-likeness (QED) is 0.628. The summed E-state index contributed by atoms with van der Waals surface area (Å²) in [4.78, 5) is 0. The number of benzene rings is 2. The van der Waals surface area contributed by atoms with E-state index in [-0.39, 0.29) is 0 Å². The van der Waals surface area contributed by atoms with E-state index in [1.165, 1.54) is 12.8 Å². The van der Waals surface area contributed by atoms with Gasteiger partial charge in [-0.1, -0.05) is 12.1 Å². The summed E-state index contributed by atoms with van der Waals surface area (Å²) in [5.74, 6) is 0.940. The molecule has 0 saturated heterocycles. The highest BCUT2D eigenvalue weighted by Crippen LogP contribution is 2.27. The van der Waals surface area contributed by atoms with Gasteiger partial charge < -0.3 is 10.1 Å². The Bertz CT molecular complexity index is 926. The summed E-state index contributed by atoms with van der Waals surface area (Å²) in [6.07, 6.45) is 5.20. The molecule has 0 atom stereocenters. The normalized spacial score (nSPS) is 15.3. The van der Waals surface area contributed by atoms with E-state index in [9.17, 15) is 8.42 Å². The van der Waals surface area contributed by atoms with Crippen LogP contribution in [0.2, 0.25) is 0 Å². The summed E-state index contributed by atoms with van der Waals surface area (Å²) in [7, 11) is -3.41. The lowest BCUT2D eigenvalue weighted by atomic mass is 10.1. The lowest BCUT2D eigenvalue weighted by Gasteiger charge is -2.20. The molecule has 0 amide bonds. The molecule has 0 aromatic heterocycles. The Morgan fingerprint density at radius 2 is 1.69 bits per heavy atom. The van der Waals surface area contributed by atoms with Crippen LogP contribution in [0, 0.1) is 6.92 Å². The first kappa shape index (κ1) is 21.5. The van der Waals surface area contributed by atoms with Gasteiger partial charge in [0.05, 0.1) is 10.9 Å². The number of rotatable bonds is 7. The number of hydrogen-bond donors (Lipinski definition) is 2. The lowest BCUT2D eigenvalue weighted by Crippen LogP contribution is -2.33. The predicted octanol–water partition coefficient (Wildman–Crippen LogP) is 5.47. The summed E-state index contributed by atoms with van der Waals surface area (Å²) < 4.78 is 32.4. The molecule has 29 heavy (non-hydrogen) atoms. The van der Waals surface area contributed by atoms with E-state index in [1.54, 1.807) is 32.9 Å². The van der Waals surface area contributed by atoms with Gasteiger partial charge in [-0.3, -0.25) is 4.72 Å². The molecule has 6 heteroatoms. The Balaban J connectivity index is 1.57. The maximum atomic E-state index is 12.3. The lowest BCUT2D eigenvalue weighted by molar-refractivity contribution is 0.210. The third-order valence-corrected chi connectivity index (χ3v) is 7.41. The van der Waals surface area contributed by atoms with Crippen molar-refractivity contribution in [1.29, 1.82) is 0 Å². The van der Waals surface area contributed by atoms with Crippen molar-refractivity contribution in [3.8, 4) is 5.75 Å². The van der Waals surface area contributed by atoms with E-state index >= 15 is 0 Å². The van der Waals surface area contributed by atoms with Gasteiger partial charge in [0.2, 0.25) is 10.0 Å². The maximum absolute atomic E-state index is 12.3. The number of aryl methyl sites for hydroxylation is 1. The minimum absolute atomic E-state index is 0.363. The Hall–Kier alpha value is -2.21. The number of ether oxygens (including phenoxy) is 1. The van der Waals surface area contributed by atoms with Crippen LogP contribution in [0.4, 0.5) is 11.4 Å². The Morgan fingerprint density at radius 3 is 2.28 bits per heavy atom. The van der Waals surface area contributed by atoms with Gasteiger partial charge >= 0.3 is 0 Å². The van der Waals surface area contributed by atoms with E-state index in [0.717, 1.165) is 35.4 Å². The summed E-state index contributed by atoms with van der Waals surface area (Å²) in [6.45, 7) is 7.78. The molecule has 1 fully saturated rings. The van der Waals surface area contributed by atoms with E-state index in [1.807, 2.05) is 18.2 Å². The van der Waals surface area contributed by atoms with Crippen LogP contribution in [0.3, 0.4) is 0 Å². The van der Waals surface area contributed by atoms with E-state index in [2.05, 4.69) is 29.1 Å². The van der Waals surface area contributed by atoms with Gasteiger partial charge in [-0.05, 0) is 94.8 Å². The van der Waals surface area contributed by atoms with E-state index in [4.69, 9.17) is 4.74 Å². The highest BCUT2D eigenvalue weighted by Gasteiger charge is 2.28. The van der Waals surface area contributed by atoms with Crippen molar-refractivity contribution in [3.63, 3.8) is 0 Å². The Morgan fingerprint density at radius 1 is 1.03 bits per heavy atom. The molecule has 3 rings (SSSR count). The fourth-order valence-electron chi connectivity index (χ4n) is 3.30. The first-order valence-electron chi connectivity index (χ1n) is 10.3. The van der Waals surface area contributed by atoms with Crippen molar-refractivity contribution < 1.29 is 13.2 Å². The van der Waals surface area contributed by atoms with Crippen LogP contribution in [-0.2, 0) is 16.6 Å². The molecule has 0 heterocycles. The molecule has 1 saturated carbocycles. The topological polar surface area (TPSA) is 67.4 Å². The number of anilines is 2. The molecular formula is C23H32N2O3S. The summed E-state index contributed by atoms with van der Waals surface area (Å²) in [6, 6.07) is 13.6. The van der Waals surface area contributed by atoms with Crippen molar-refractivity contribution in [2.45, 2.75) is 70.8 Å².